The second kappa shape index (κ2) is 10.7. The lowest BCUT2D eigenvalue weighted by Crippen LogP contribution is -2.35. The lowest BCUT2D eigenvalue weighted by molar-refractivity contribution is 0.0580. The summed E-state index contributed by atoms with van der Waals surface area (Å²) >= 11 is 6.42. The number of hydrogen-bond donors (Lipinski definition) is 2. The highest BCUT2D eigenvalue weighted by atomic mass is 35.5. The Morgan fingerprint density at radius 1 is 1.21 bits per heavy atom. The van der Waals surface area contributed by atoms with Crippen molar-refractivity contribution in [1.82, 2.24) is 24.5 Å². The van der Waals surface area contributed by atoms with Gasteiger partial charge in [-0.2, -0.15) is 9.61 Å². The minimum Gasteiger partial charge on any atom is -0.443 e. The van der Waals surface area contributed by atoms with Gasteiger partial charge >= 0.3 is 6.09 Å². The van der Waals surface area contributed by atoms with Crippen LogP contribution in [0.1, 0.15) is 50.0 Å². The number of carbonyl (C=O) groups excluding carboxylic acids is 2. The Morgan fingerprint density at radius 3 is 2.71 bits per heavy atom. The van der Waals surface area contributed by atoms with Crippen LogP contribution in [0.4, 0.5) is 22.1 Å². The molecule has 14 heteroatoms. The monoisotopic (exact) mass is 597 g/mol. The van der Waals surface area contributed by atoms with Crippen molar-refractivity contribution in [3.8, 4) is 0 Å². The lowest BCUT2D eigenvalue weighted by atomic mass is 10.1. The summed E-state index contributed by atoms with van der Waals surface area (Å²) in [6.07, 6.45) is 3.98. The third-order valence-corrected chi connectivity index (χ3v) is 7.54. The Bertz CT molecular complexity index is 1670. The molecule has 0 spiro atoms. The molecule has 2 aliphatic heterocycles. The first-order valence-electron chi connectivity index (χ1n) is 13.7. The SMILES string of the molecule is CN(C(=O)OC(C)(C)C)c1cc(Nc2cc(Cl)cn(C3CCCOC3)c2=O)nc2c(C(=O)NC3=C4COC[C@H]43)cnn12. The summed E-state index contributed by atoms with van der Waals surface area (Å²) in [6.45, 7) is 7.42. The van der Waals surface area contributed by atoms with Crippen LogP contribution in [0.5, 0.6) is 0 Å². The van der Waals surface area contributed by atoms with Crippen LogP contribution in [0.3, 0.4) is 0 Å². The molecular formula is C28H32ClN7O6. The second-order valence-electron chi connectivity index (χ2n) is 11.6. The molecule has 0 radical (unpaired) electrons. The van der Waals surface area contributed by atoms with Crippen LogP contribution in [0.25, 0.3) is 5.65 Å². The molecule has 13 nitrogen and oxygen atoms in total. The van der Waals surface area contributed by atoms with Gasteiger partial charge in [-0.15, -0.1) is 0 Å². The maximum atomic E-state index is 13.5. The van der Waals surface area contributed by atoms with E-state index in [4.69, 9.17) is 25.8 Å². The zero-order valence-corrected chi connectivity index (χ0v) is 24.5. The standard InChI is InChI=1S/C28H32ClN7O6/c1-28(2,3)42-27(39)34(4)22-9-21(31-20-8-15(29)11-35(26(20)38)16-6-5-7-40-12-16)32-24-17(10-30-36(22)24)25(37)33-23-18-13-41-14-19(18)23/h8-11,16,18H,5-7,12-14H2,1-4H3,(H,31,32)(H,33,37)/t16?,18-/m1/s1. The quantitative estimate of drug-likeness (QED) is 0.435. The van der Waals surface area contributed by atoms with Crippen LogP contribution >= 0.6 is 11.6 Å². The second-order valence-corrected chi connectivity index (χ2v) is 12.0. The molecule has 2 saturated heterocycles. The number of halogens is 1. The Morgan fingerprint density at radius 2 is 2.02 bits per heavy atom. The van der Waals surface area contributed by atoms with Gasteiger partial charge in [0.2, 0.25) is 0 Å². The van der Waals surface area contributed by atoms with E-state index < -0.39 is 11.7 Å². The number of anilines is 3. The normalized spacial score (nSPS) is 19.9. The molecule has 2 fully saturated rings. The lowest BCUT2D eigenvalue weighted by Gasteiger charge is -2.25. The fourth-order valence-corrected chi connectivity index (χ4v) is 5.38. The Hall–Kier alpha value is -3.94. The maximum Gasteiger partial charge on any atom is 0.415 e. The number of pyridine rings is 1. The molecule has 0 saturated carbocycles. The van der Waals surface area contributed by atoms with Crippen molar-refractivity contribution in [2.75, 3.05) is 43.7 Å². The van der Waals surface area contributed by atoms with Gasteiger partial charge in [0.15, 0.2) is 5.65 Å². The molecule has 3 aliphatic rings. The van der Waals surface area contributed by atoms with Crippen LogP contribution in [-0.2, 0) is 14.2 Å². The van der Waals surface area contributed by atoms with E-state index in [1.807, 2.05) is 0 Å². The van der Waals surface area contributed by atoms with Crippen molar-refractivity contribution in [3.05, 3.63) is 56.7 Å². The highest BCUT2D eigenvalue weighted by Gasteiger charge is 2.42. The summed E-state index contributed by atoms with van der Waals surface area (Å²) in [5.41, 5.74) is 1.44. The third-order valence-electron chi connectivity index (χ3n) is 7.33. The van der Waals surface area contributed by atoms with Gasteiger partial charge in [-0.05, 0) is 45.3 Å². The van der Waals surface area contributed by atoms with Crippen LogP contribution in [0, 0.1) is 5.92 Å². The summed E-state index contributed by atoms with van der Waals surface area (Å²) in [5, 5.41) is 10.7. The number of hydrogen-bond acceptors (Lipinski definition) is 9. The van der Waals surface area contributed by atoms with Gasteiger partial charge in [-0.3, -0.25) is 14.5 Å². The number of amides is 2. The van der Waals surface area contributed by atoms with Crippen molar-refractivity contribution in [1.29, 1.82) is 0 Å². The Balaban J connectivity index is 1.39. The van der Waals surface area contributed by atoms with Gasteiger partial charge in [0.25, 0.3) is 11.5 Å². The van der Waals surface area contributed by atoms with Crippen molar-refractivity contribution in [2.45, 2.75) is 45.3 Å². The van der Waals surface area contributed by atoms with Gasteiger partial charge < -0.3 is 29.4 Å². The predicted octanol–water partition coefficient (Wildman–Crippen LogP) is 3.65. The zero-order valence-electron chi connectivity index (χ0n) is 23.8. The molecule has 3 aromatic heterocycles. The Kier molecular flexibility index (Phi) is 7.19. The molecule has 42 heavy (non-hydrogen) atoms. The van der Waals surface area contributed by atoms with Crippen molar-refractivity contribution in [2.24, 2.45) is 5.92 Å². The number of carbonyl (C=O) groups is 2. The van der Waals surface area contributed by atoms with Crippen molar-refractivity contribution in [3.63, 3.8) is 0 Å². The van der Waals surface area contributed by atoms with E-state index in [1.54, 1.807) is 37.6 Å². The van der Waals surface area contributed by atoms with Crippen molar-refractivity contribution >= 4 is 46.6 Å². The fourth-order valence-electron chi connectivity index (χ4n) is 5.17. The van der Waals surface area contributed by atoms with Gasteiger partial charge in [-0.25, -0.2) is 9.78 Å². The first-order valence-corrected chi connectivity index (χ1v) is 14.1. The molecule has 5 heterocycles. The van der Waals surface area contributed by atoms with Gasteiger partial charge in [0.1, 0.15) is 28.5 Å². The van der Waals surface area contributed by atoms with E-state index in [0.29, 0.717) is 31.5 Å². The fraction of sp³-hybridized carbons (Fsp3) is 0.464. The van der Waals surface area contributed by atoms with Crippen LogP contribution in [0.15, 0.2) is 40.6 Å². The Labute approximate surface area is 246 Å². The summed E-state index contributed by atoms with van der Waals surface area (Å²) < 4.78 is 19.5. The number of nitrogens with zero attached hydrogens (tertiary/aromatic N) is 5. The molecule has 1 aliphatic carbocycles. The summed E-state index contributed by atoms with van der Waals surface area (Å²) in [5.74, 6) is 0.221. The average molecular weight is 598 g/mol. The molecular weight excluding hydrogens is 566 g/mol. The molecule has 2 N–H and O–H groups in total. The zero-order chi connectivity index (χ0) is 29.8. The third kappa shape index (κ3) is 5.46. The van der Waals surface area contributed by atoms with E-state index in [1.165, 1.54) is 28.7 Å². The molecule has 3 aromatic rings. The van der Waals surface area contributed by atoms with E-state index >= 15 is 0 Å². The van der Waals surface area contributed by atoms with Crippen LogP contribution in [-0.4, -0.2) is 70.2 Å². The molecule has 0 bridgehead atoms. The average Bonchev–Trinajstić information content (AvgIpc) is 3.27. The minimum absolute atomic E-state index is 0.148. The van der Waals surface area contributed by atoms with Gasteiger partial charge in [0, 0.05) is 37.5 Å². The van der Waals surface area contributed by atoms with E-state index in [0.717, 1.165) is 24.1 Å². The highest BCUT2D eigenvalue weighted by molar-refractivity contribution is 6.30. The molecule has 2 atom stereocenters. The molecule has 222 valence electrons. The molecule has 2 amide bonds. The summed E-state index contributed by atoms with van der Waals surface area (Å²) in [7, 11) is 1.53. The number of rotatable bonds is 6. The first kappa shape index (κ1) is 28.2. The number of ether oxygens (including phenoxy) is 3. The van der Waals surface area contributed by atoms with Gasteiger partial charge in [-0.1, -0.05) is 11.6 Å². The van der Waals surface area contributed by atoms with Crippen LogP contribution in [0.2, 0.25) is 5.02 Å². The molecule has 0 aromatic carbocycles. The molecule has 6 rings (SSSR count). The van der Waals surface area contributed by atoms with E-state index in [2.05, 4.69) is 20.7 Å². The first-order chi connectivity index (χ1) is 20.0. The summed E-state index contributed by atoms with van der Waals surface area (Å²) in [6, 6.07) is 2.91. The highest BCUT2D eigenvalue weighted by Crippen LogP contribution is 2.42. The minimum atomic E-state index is -0.747. The van der Waals surface area contributed by atoms with Crippen LogP contribution < -0.4 is 21.1 Å². The van der Waals surface area contributed by atoms with E-state index in [9.17, 15) is 14.4 Å². The smallest absolute Gasteiger partial charge is 0.415 e. The number of aromatic nitrogens is 4. The van der Waals surface area contributed by atoms with Crippen molar-refractivity contribution < 1.29 is 23.8 Å². The van der Waals surface area contributed by atoms with Gasteiger partial charge in [0.05, 0.1) is 37.1 Å². The number of nitrogens with one attached hydrogen (secondary N) is 2. The largest absolute Gasteiger partial charge is 0.443 e. The maximum absolute atomic E-state index is 13.5. The topological polar surface area (TPSA) is 141 Å². The predicted molar refractivity (Wildman–Crippen MR) is 155 cm³/mol. The van der Waals surface area contributed by atoms with E-state index in [-0.39, 0.29) is 52.0 Å². The molecule has 1 unspecified atom stereocenters. The number of fused-ring (bicyclic) bond motifs is 2. The summed E-state index contributed by atoms with van der Waals surface area (Å²) in [4.78, 5) is 45.7.